The molecule has 0 spiro atoms. The van der Waals surface area contributed by atoms with Crippen molar-refractivity contribution in [2.24, 2.45) is 0 Å². The van der Waals surface area contributed by atoms with Crippen LogP contribution >= 0.6 is 11.3 Å². The van der Waals surface area contributed by atoms with E-state index in [1.54, 1.807) is 0 Å². The maximum absolute atomic E-state index is 12.9. The molecule has 0 radical (unpaired) electrons. The van der Waals surface area contributed by atoms with Crippen LogP contribution in [0.2, 0.25) is 0 Å². The second-order valence-corrected chi connectivity index (χ2v) is 9.74. The third-order valence-electron chi connectivity index (χ3n) is 4.63. The molecule has 0 amide bonds. The number of halogens is 3. The summed E-state index contributed by atoms with van der Waals surface area (Å²) in [4.78, 5) is 0.354. The smallest absolute Gasteiger partial charge is 0.273 e. The number of rotatable bonds is 4. The van der Waals surface area contributed by atoms with Gasteiger partial charge in [-0.15, -0.1) is 11.3 Å². The Morgan fingerprint density at radius 1 is 1.10 bits per heavy atom. The van der Waals surface area contributed by atoms with Crippen LogP contribution in [0.4, 0.5) is 13.2 Å². The number of sulfonamides is 1. The molecule has 2 aromatic heterocycles. The maximum atomic E-state index is 12.9. The van der Waals surface area contributed by atoms with Crippen LogP contribution in [0.1, 0.15) is 17.7 Å². The molecule has 0 aliphatic carbocycles. The van der Waals surface area contributed by atoms with E-state index in [4.69, 9.17) is 0 Å². The standard InChI is InChI=1S/C19H16F3N3O2S2/c20-19(21,22)17-12-15(23-24-17)16-6-7-18(28-16)29(26,27)25-10-8-14(9-11-25)13-4-2-1-3-5-13/h1-8,12H,9-11H2,(H,23,24). The number of thiophene rings is 1. The predicted molar refractivity (Wildman–Crippen MR) is 105 cm³/mol. The van der Waals surface area contributed by atoms with Gasteiger partial charge in [0.05, 0.1) is 4.88 Å². The number of alkyl halides is 3. The molecule has 5 nitrogen and oxygen atoms in total. The van der Waals surface area contributed by atoms with E-state index in [9.17, 15) is 21.6 Å². The summed E-state index contributed by atoms with van der Waals surface area (Å²) < 4.78 is 65.5. The zero-order valence-corrected chi connectivity index (χ0v) is 16.6. The third kappa shape index (κ3) is 4.00. The van der Waals surface area contributed by atoms with Gasteiger partial charge in [-0.3, -0.25) is 5.10 Å². The van der Waals surface area contributed by atoms with Crippen molar-refractivity contribution in [3.8, 4) is 10.6 Å². The lowest BCUT2D eigenvalue weighted by atomic mass is 10.0. The van der Waals surface area contributed by atoms with Crippen LogP contribution in [-0.4, -0.2) is 36.0 Å². The minimum Gasteiger partial charge on any atom is -0.273 e. The van der Waals surface area contributed by atoms with E-state index in [0.717, 1.165) is 28.5 Å². The zero-order valence-electron chi connectivity index (χ0n) is 15.0. The summed E-state index contributed by atoms with van der Waals surface area (Å²) in [5.74, 6) is 0. The predicted octanol–water partition coefficient (Wildman–Crippen LogP) is 4.64. The summed E-state index contributed by atoms with van der Waals surface area (Å²) in [5, 5.41) is 5.59. The Hall–Kier alpha value is -2.43. The summed E-state index contributed by atoms with van der Waals surface area (Å²) in [6.07, 6.45) is -2.04. The molecule has 0 unspecified atom stereocenters. The van der Waals surface area contributed by atoms with E-state index in [-0.39, 0.29) is 16.4 Å². The Morgan fingerprint density at radius 2 is 1.86 bits per heavy atom. The summed E-state index contributed by atoms with van der Waals surface area (Å²) in [6.45, 7) is 0.595. The molecule has 1 aromatic carbocycles. The maximum Gasteiger partial charge on any atom is 0.432 e. The van der Waals surface area contributed by atoms with E-state index < -0.39 is 21.9 Å². The number of hydrogen-bond acceptors (Lipinski definition) is 4. The molecule has 0 atom stereocenters. The monoisotopic (exact) mass is 439 g/mol. The van der Waals surface area contributed by atoms with Gasteiger partial charge in [0, 0.05) is 13.1 Å². The Kier molecular flexibility index (Phi) is 5.09. The second kappa shape index (κ2) is 7.43. The number of nitrogens with one attached hydrogen (secondary N) is 1. The molecule has 1 N–H and O–H groups in total. The fourth-order valence-corrected chi connectivity index (χ4v) is 5.90. The van der Waals surface area contributed by atoms with Gasteiger partial charge in [-0.1, -0.05) is 36.4 Å². The van der Waals surface area contributed by atoms with Crippen LogP contribution in [0.25, 0.3) is 16.1 Å². The average Bonchev–Trinajstić information content (AvgIpc) is 3.38. The topological polar surface area (TPSA) is 66.1 Å². The van der Waals surface area contributed by atoms with E-state index in [2.05, 4.69) is 5.10 Å². The fraction of sp³-hybridized carbons (Fsp3) is 0.211. The van der Waals surface area contributed by atoms with Gasteiger partial charge in [-0.2, -0.15) is 22.6 Å². The highest BCUT2D eigenvalue weighted by Gasteiger charge is 2.34. The average molecular weight is 439 g/mol. The molecule has 1 aliphatic heterocycles. The highest BCUT2D eigenvalue weighted by molar-refractivity contribution is 7.91. The van der Waals surface area contributed by atoms with Crippen molar-refractivity contribution in [3.05, 3.63) is 65.9 Å². The number of hydrogen-bond donors (Lipinski definition) is 1. The molecular weight excluding hydrogens is 423 g/mol. The number of benzene rings is 1. The quantitative estimate of drug-likeness (QED) is 0.644. The lowest BCUT2D eigenvalue weighted by Gasteiger charge is -2.25. The van der Waals surface area contributed by atoms with Gasteiger partial charge in [0.2, 0.25) is 0 Å². The third-order valence-corrected chi connectivity index (χ3v) is 8.07. The Bertz CT molecular complexity index is 1150. The van der Waals surface area contributed by atoms with Gasteiger partial charge >= 0.3 is 6.18 Å². The molecule has 29 heavy (non-hydrogen) atoms. The van der Waals surface area contributed by atoms with E-state index >= 15 is 0 Å². The van der Waals surface area contributed by atoms with Crippen molar-refractivity contribution in [2.45, 2.75) is 16.8 Å². The first-order valence-corrected chi connectivity index (χ1v) is 11.0. The normalized spacial score (nSPS) is 16.0. The summed E-state index contributed by atoms with van der Waals surface area (Å²) in [7, 11) is -3.73. The number of nitrogens with zero attached hydrogens (tertiary/aromatic N) is 2. The molecule has 152 valence electrons. The van der Waals surface area contributed by atoms with Crippen molar-refractivity contribution in [3.63, 3.8) is 0 Å². The van der Waals surface area contributed by atoms with Crippen LogP contribution < -0.4 is 0 Å². The van der Waals surface area contributed by atoms with Gasteiger partial charge in [-0.25, -0.2) is 8.42 Å². The molecule has 0 fully saturated rings. The second-order valence-electron chi connectivity index (χ2n) is 6.49. The van der Waals surface area contributed by atoms with Crippen LogP contribution in [0.3, 0.4) is 0 Å². The Labute approximate surface area is 169 Å². The van der Waals surface area contributed by atoms with Crippen molar-refractivity contribution in [1.82, 2.24) is 14.5 Å². The van der Waals surface area contributed by atoms with Crippen molar-refractivity contribution >= 4 is 26.9 Å². The SMILES string of the molecule is O=S(=O)(c1ccc(-c2cc(C(F)(F)F)[nH]n2)s1)N1CC=C(c2ccccc2)CC1. The molecular formula is C19H16F3N3O2S2. The number of aromatic amines is 1. The summed E-state index contributed by atoms with van der Waals surface area (Å²) in [6, 6.07) is 13.5. The van der Waals surface area contributed by atoms with Crippen molar-refractivity contribution < 1.29 is 21.6 Å². The summed E-state index contributed by atoms with van der Waals surface area (Å²) in [5.41, 5.74) is 1.26. The lowest BCUT2D eigenvalue weighted by molar-refractivity contribution is -0.141. The molecule has 0 bridgehead atoms. The van der Waals surface area contributed by atoms with Gasteiger partial charge in [0.25, 0.3) is 10.0 Å². The molecule has 0 saturated carbocycles. The molecule has 0 saturated heterocycles. The van der Waals surface area contributed by atoms with E-state index in [0.29, 0.717) is 17.8 Å². The first kappa shape index (κ1) is 19.9. The van der Waals surface area contributed by atoms with Gasteiger partial charge in [-0.05, 0) is 35.8 Å². The van der Waals surface area contributed by atoms with Crippen LogP contribution in [0.5, 0.6) is 0 Å². The van der Waals surface area contributed by atoms with Gasteiger partial charge in [0.1, 0.15) is 15.6 Å². The minimum absolute atomic E-state index is 0.0636. The first-order chi connectivity index (χ1) is 13.7. The molecule has 3 aromatic rings. The summed E-state index contributed by atoms with van der Waals surface area (Å²) >= 11 is 0.908. The van der Waals surface area contributed by atoms with Crippen LogP contribution in [0, 0.1) is 0 Å². The molecule has 4 rings (SSSR count). The molecule has 1 aliphatic rings. The van der Waals surface area contributed by atoms with Crippen molar-refractivity contribution in [1.29, 1.82) is 0 Å². The molecule has 3 heterocycles. The number of aromatic nitrogens is 2. The Balaban J connectivity index is 1.53. The Morgan fingerprint density at radius 3 is 2.48 bits per heavy atom. The number of H-pyrrole nitrogens is 1. The largest absolute Gasteiger partial charge is 0.432 e. The fourth-order valence-electron chi connectivity index (χ4n) is 3.10. The first-order valence-electron chi connectivity index (χ1n) is 8.72. The highest BCUT2D eigenvalue weighted by atomic mass is 32.2. The zero-order chi connectivity index (χ0) is 20.6. The molecule has 10 heteroatoms. The van der Waals surface area contributed by atoms with Crippen LogP contribution in [-0.2, 0) is 16.2 Å². The highest BCUT2D eigenvalue weighted by Crippen LogP contribution is 2.35. The van der Waals surface area contributed by atoms with E-state index in [1.165, 1.54) is 16.4 Å². The van der Waals surface area contributed by atoms with Crippen LogP contribution in [0.15, 0.2) is 58.8 Å². The van der Waals surface area contributed by atoms with Gasteiger partial charge < -0.3 is 0 Å². The van der Waals surface area contributed by atoms with E-state index in [1.807, 2.05) is 41.5 Å². The minimum atomic E-state index is -4.53. The van der Waals surface area contributed by atoms with Crippen molar-refractivity contribution in [2.75, 3.05) is 13.1 Å². The lowest BCUT2D eigenvalue weighted by Crippen LogP contribution is -2.34. The van der Waals surface area contributed by atoms with Gasteiger partial charge in [0.15, 0.2) is 0 Å².